The maximum absolute atomic E-state index is 10.5. The van der Waals surface area contributed by atoms with Crippen LogP contribution in [-0.2, 0) is 0 Å². The van der Waals surface area contributed by atoms with Crippen LogP contribution in [0.3, 0.4) is 0 Å². The van der Waals surface area contributed by atoms with Crippen molar-refractivity contribution in [2.24, 2.45) is 5.18 Å². The summed E-state index contributed by atoms with van der Waals surface area (Å²) in [5.74, 6) is 0. The SMILES string of the molecule is O=NC1CCN(c2c[nH]c3cccnc23)C1. The molecule has 3 rings (SSSR count). The largest absolute Gasteiger partial charge is 0.366 e. The van der Waals surface area contributed by atoms with Crippen molar-refractivity contribution in [1.29, 1.82) is 0 Å². The van der Waals surface area contributed by atoms with Crippen LogP contribution in [0.15, 0.2) is 29.7 Å². The van der Waals surface area contributed by atoms with Crippen molar-refractivity contribution in [1.82, 2.24) is 9.97 Å². The van der Waals surface area contributed by atoms with Crippen LogP contribution in [0.2, 0.25) is 0 Å². The van der Waals surface area contributed by atoms with Crippen molar-refractivity contribution >= 4 is 16.7 Å². The normalized spacial score (nSPS) is 20.5. The molecule has 0 amide bonds. The Morgan fingerprint density at radius 2 is 2.50 bits per heavy atom. The third-order valence-corrected chi connectivity index (χ3v) is 3.07. The van der Waals surface area contributed by atoms with E-state index in [2.05, 4.69) is 20.0 Å². The van der Waals surface area contributed by atoms with Crippen LogP contribution in [-0.4, -0.2) is 29.1 Å². The molecule has 0 saturated carbocycles. The molecule has 0 aliphatic carbocycles. The minimum atomic E-state index is -0.0753. The molecular formula is C11H12N4O. The van der Waals surface area contributed by atoms with Crippen LogP contribution in [0.25, 0.3) is 11.0 Å². The fraction of sp³-hybridized carbons (Fsp3) is 0.364. The number of nitrogens with one attached hydrogen (secondary N) is 1. The zero-order valence-electron chi connectivity index (χ0n) is 8.76. The molecule has 1 unspecified atom stereocenters. The smallest absolute Gasteiger partial charge is 0.111 e. The Kier molecular flexibility index (Phi) is 2.09. The average Bonchev–Trinajstić information content (AvgIpc) is 2.94. The number of nitrogens with zero attached hydrogens (tertiary/aromatic N) is 3. The molecule has 3 heterocycles. The molecule has 0 radical (unpaired) electrons. The summed E-state index contributed by atoms with van der Waals surface area (Å²) in [5.41, 5.74) is 3.07. The summed E-state index contributed by atoms with van der Waals surface area (Å²) < 4.78 is 0. The van der Waals surface area contributed by atoms with Gasteiger partial charge in [0.2, 0.25) is 0 Å². The highest BCUT2D eigenvalue weighted by atomic mass is 16.3. The fourth-order valence-corrected chi connectivity index (χ4v) is 2.23. The predicted molar refractivity (Wildman–Crippen MR) is 62.5 cm³/mol. The van der Waals surface area contributed by atoms with E-state index in [0.29, 0.717) is 6.54 Å². The first-order valence-corrected chi connectivity index (χ1v) is 5.38. The maximum atomic E-state index is 10.5. The van der Waals surface area contributed by atoms with Gasteiger partial charge in [-0.3, -0.25) is 4.98 Å². The minimum absolute atomic E-state index is 0.0753. The molecule has 5 heteroatoms. The van der Waals surface area contributed by atoms with Gasteiger partial charge in [-0.25, -0.2) is 0 Å². The van der Waals surface area contributed by atoms with E-state index in [1.54, 1.807) is 6.20 Å². The third-order valence-electron chi connectivity index (χ3n) is 3.07. The topological polar surface area (TPSA) is 61.4 Å². The number of aromatic nitrogens is 2. The van der Waals surface area contributed by atoms with Gasteiger partial charge >= 0.3 is 0 Å². The Bertz CT molecular complexity index is 521. The Balaban J connectivity index is 1.97. The van der Waals surface area contributed by atoms with Crippen LogP contribution >= 0.6 is 0 Å². The van der Waals surface area contributed by atoms with Gasteiger partial charge in [0.25, 0.3) is 0 Å². The molecule has 0 aromatic carbocycles. The summed E-state index contributed by atoms with van der Waals surface area (Å²) >= 11 is 0. The highest BCUT2D eigenvalue weighted by Crippen LogP contribution is 2.28. The van der Waals surface area contributed by atoms with Gasteiger partial charge in [-0.1, -0.05) is 5.18 Å². The highest BCUT2D eigenvalue weighted by molar-refractivity contribution is 5.89. The number of hydrogen-bond donors (Lipinski definition) is 1. The van der Waals surface area contributed by atoms with Gasteiger partial charge in [0.15, 0.2) is 0 Å². The molecule has 1 saturated heterocycles. The molecule has 1 N–H and O–H groups in total. The number of H-pyrrole nitrogens is 1. The summed E-state index contributed by atoms with van der Waals surface area (Å²) in [6.45, 7) is 1.58. The van der Waals surface area contributed by atoms with Crippen LogP contribution in [0, 0.1) is 4.91 Å². The summed E-state index contributed by atoms with van der Waals surface area (Å²) in [6, 6.07) is 3.83. The number of aromatic amines is 1. The Morgan fingerprint density at radius 3 is 3.31 bits per heavy atom. The van der Waals surface area contributed by atoms with Gasteiger partial charge in [-0.2, -0.15) is 4.91 Å². The lowest BCUT2D eigenvalue weighted by Crippen LogP contribution is -2.20. The zero-order valence-corrected chi connectivity index (χ0v) is 8.76. The molecule has 2 aromatic rings. The van der Waals surface area contributed by atoms with Crippen LogP contribution < -0.4 is 4.90 Å². The minimum Gasteiger partial charge on any atom is -0.366 e. The molecule has 5 nitrogen and oxygen atoms in total. The van der Waals surface area contributed by atoms with E-state index in [0.717, 1.165) is 29.7 Å². The number of nitroso groups, excluding NO2 is 1. The lowest BCUT2D eigenvalue weighted by atomic mass is 10.3. The molecule has 1 fully saturated rings. The standard InChI is InChI=1S/C11H12N4O/c16-14-8-3-5-15(7-8)10-6-13-9-2-1-4-12-11(9)10/h1-2,4,6,8,13H,3,5,7H2. The first kappa shape index (κ1) is 9.33. The molecule has 1 atom stereocenters. The maximum Gasteiger partial charge on any atom is 0.111 e. The molecule has 1 aliphatic heterocycles. The molecule has 16 heavy (non-hydrogen) atoms. The fourth-order valence-electron chi connectivity index (χ4n) is 2.23. The van der Waals surface area contributed by atoms with Gasteiger partial charge < -0.3 is 9.88 Å². The Morgan fingerprint density at radius 1 is 1.56 bits per heavy atom. The lowest BCUT2D eigenvalue weighted by molar-refractivity contribution is 0.748. The molecular weight excluding hydrogens is 204 g/mol. The third kappa shape index (κ3) is 1.36. The first-order chi connectivity index (χ1) is 7.88. The number of hydrogen-bond acceptors (Lipinski definition) is 4. The molecule has 0 spiro atoms. The van der Waals surface area contributed by atoms with E-state index in [-0.39, 0.29) is 6.04 Å². The first-order valence-electron chi connectivity index (χ1n) is 5.38. The highest BCUT2D eigenvalue weighted by Gasteiger charge is 2.25. The van der Waals surface area contributed by atoms with Crippen molar-refractivity contribution in [3.05, 3.63) is 29.4 Å². The van der Waals surface area contributed by atoms with Crippen LogP contribution in [0.4, 0.5) is 5.69 Å². The van der Waals surface area contributed by atoms with Gasteiger partial charge in [0.05, 0.1) is 11.2 Å². The average molecular weight is 216 g/mol. The van der Waals surface area contributed by atoms with Gasteiger partial charge in [-0.05, 0) is 18.6 Å². The van der Waals surface area contributed by atoms with Crippen LogP contribution in [0.1, 0.15) is 6.42 Å². The lowest BCUT2D eigenvalue weighted by Gasteiger charge is -2.15. The van der Waals surface area contributed by atoms with Crippen molar-refractivity contribution in [2.75, 3.05) is 18.0 Å². The summed E-state index contributed by atoms with van der Waals surface area (Å²) in [7, 11) is 0. The predicted octanol–water partition coefficient (Wildman–Crippen LogP) is 1.91. The zero-order chi connectivity index (χ0) is 11.0. The monoisotopic (exact) mass is 216 g/mol. The van der Waals surface area contributed by atoms with Gasteiger partial charge in [0.1, 0.15) is 11.6 Å². The van der Waals surface area contributed by atoms with Gasteiger partial charge in [-0.15, -0.1) is 0 Å². The van der Waals surface area contributed by atoms with E-state index in [1.165, 1.54) is 0 Å². The second kappa shape index (κ2) is 3.59. The van der Waals surface area contributed by atoms with Crippen LogP contribution in [0.5, 0.6) is 0 Å². The van der Waals surface area contributed by atoms with E-state index >= 15 is 0 Å². The summed E-state index contributed by atoms with van der Waals surface area (Å²) in [5, 5.41) is 3.11. The van der Waals surface area contributed by atoms with Crippen molar-refractivity contribution in [3.63, 3.8) is 0 Å². The Labute approximate surface area is 92.5 Å². The van der Waals surface area contributed by atoms with E-state index in [4.69, 9.17) is 0 Å². The van der Waals surface area contributed by atoms with E-state index < -0.39 is 0 Å². The summed E-state index contributed by atoms with van der Waals surface area (Å²) in [6.07, 6.45) is 4.57. The molecule has 0 bridgehead atoms. The van der Waals surface area contributed by atoms with Crippen molar-refractivity contribution in [2.45, 2.75) is 12.5 Å². The molecule has 2 aromatic heterocycles. The molecule has 82 valence electrons. The number of pyridine rings is 1. The number of rotatable bonds is 2. The molecule has 1 aliphatic rings. The van der Waals surface area contributed by atoms with Crippen molar-refractivity contribution in [3.8, 4) is 0 Å². The second-order valence-electron chi connectivity index (χ2n) is 4.07. The quantitative estimate of drug-likeness (QED) is 0.780. The second-order valence-corrected chi connectivity index (χ2v) is 4.07. The number of anilines is 1. The van der Waals surface area contributed by atoms with E-state index in [9.17, 15) is 4.91 Å². The summed E-state index contributed by atoms with van der Waals surface area (Å²) in [4.78, 5) is 20.2. The van der Waals surface area contributed by atoms with Gasteiger partial charge in [0, 0.05) is 25.5 Å². The van der Waals surface area contributed by atoms with Crippen molar-refractivity contribution < 1.29 is 0 Å². The number of fused-ring (bicyclic) bond motifs is 1. The Hall–Kier alpha value is -1.91. The van der Waals surface area contributed by atoms with E-state index in [1.807, 2.05) is 18.3 Å².